The van der Waals surface area contributed by atoms with E-state index in [4.69, 9.17) is 0 Å². The second-order valence-electron chi connectivity index (χ2n) is 8.15. The third-order valence-corrected chi connectivity index (χ3v) is 6.12. The van der Waals surface area contributed by atoms with Crippen molar-refractivity contribution >= 4 is 11.8 Å². The first kappa shape index (κ1) is 18.6. The molecule has 0 unspecified atom stereocenters. The average Bonchev–Trinajstić information content (AvgIpc) is 2.64. The van der Waals surface area contributed by atoms with Crippen LogP contribution >= 0.6 is 0 Å². The summed E-state index contributed by atoms with van der Waals surface area (Å²) in [6.07, 6.45) is 6.60. The highest BCUT2D eigenvalue weighted by atomic mass is 16.2. The number of hydrogen-bond donors (Lipinski definition) is 2. The van der Waals surface area contributed by atoms with Gasteiger partial charge in [0, 0.05) is 38.1 Å². The van der Waals surface area contributed by atoms with Gasteiger partial charge in [-0.25, -0.2) is 0 Å². The van der Waals surface area contributed by atoms with Gasteiger partial charge in [0.15, 0.2) is 0 Å². The lowest BCUT2D eigenvalue weighted by Crippen LogP contribution is -2.53. The van der Waals surface area contributed by atoms with Crippen LogP contribution < -0.4 is 10.6 Å². The number of nitrogens with zero attached hydrogens (tertiary/aromatic N) is 2. The lowest BCUT2D eigenvalue weighted by molar-refractivity contribution is -0.138. The predicted molar refractivity (Wildman–Crippen MR) is 98.2 cm³/mol. The molecule has 2 N–H and O–H groups in total. The fraction of sp³-hybridized carbons (Fsp3) is 0.895. The summed E-state index contributed by atoms with van der Waals surface area (Å²) < 4.78 is 0. The maximum Gasteiger partial charge on any atom is 0.234 e. The molecule has 142 valence electrons. The van der Waals surface area contributed by atoms with Gasteiger partial charge in [0.1, 0.15) is 0 Å². The van der Waals surface area contributed by atoms with E-state index in [1.165, 1.54) is 12.8 Å². The normalized spacial score (nSPS) is 29.4. The molecule has 0 atom stereocenters. The molecule has 2 heterocycles. The van der Waals surface area contributed by atoms with Gasteiger partial charge in [-0.05, 0) is 57.5 Å². The zero-order valence-electron chi connectivity index (χ0n) is 15.6. The van der Waals surface area contributed by atoms with Crippen molar-refractivity contribution in [1.29, 1.82) is 0 Å². The number of nitrogens with one attached hydrogen (secondary N) is 2. The summed E-state index contributed by atoms with van der Waals surface area (Å²) in [7, 11) is 0. The van der Waals surface area contributed by atoms with E-state index in [2.05, 4.69) is 22.5 Å². The van der Waals surface area contributed by atoms with E-state index in [0.717, 1.165) is 70.9 Å². The Morgan fingerprint density at radius 3 is 2.24 bits per heavy atom. The molecule has 3 fully saturated rings. The van der Waals surface area contributed by atoms with Crippen LogP contribution in [0.3, 0.4) is 0 Å². The van der Waals surface area contributed by atoms with E-state index in [1.807, 2.05) is 4.90 Å². The molecule has 0 spiro atoms. The SMILES string of the molecule is CC1CCC(NC(=O)CN2CCN(C(=O)C3CCNCC3)CC2)CC1. The van der Waals surface area contributed by atoms with Crippen molar-refractivity contribution in [3.8, 4) is 0 Å². The Hall–Kier alpha value is -1.14. The maximum absolute atomic E-state index is 12.6. The minimum absolute atomic E-state index is 0.151. The first-order valence-electron chi connectivity index (χ1n) is 10.1. The maximum atomic E-state index is 12.6. The number of rotatable bonds is 4. The molecule has 3 rings (SSSR count). The van der Waals surface area contributed by atoms with E-state index in [0.29, 0.717) is 18.5 Å². The van der Waals surface area contributed by atoms with Gasteiger partial charge in [0.25, 0.3) is 0 Å². The highest BCUT2D eigenvalue weighted by molar-refractivity contribution is 5.79. The minimum Gasteiger partial charge on any atom is -0.352 e. The quantitative estimate of drug-likeness (QED) is 0.788. The Balaban J connectivity index is 1.35. The van der Waals surface area contributed by atoms with Gasteiger partial charge in [-0.2, -0.15) is 0 Å². The molecule has 0 aromatic heterocycles. The van der Waals surface area contributed by atoms with Gasteiger partial charge < -0.3 is 15.5 Å². The van der Waals surface area contributed by atoms with Gasteiger partial charge >= 0.3 is 0 Å². The topological polar surface area (TPSA) is 64.7 Å². The average molecular weight is 351 g/mol. The smallest absolute Gasteiger partial charge is 0.234 e. The highest BCUT2D eigenvalue weighted by Crippen LogP contribution is 2.23. The van der Waals surface area contributed by atoms with Gasteiger partial charge in [0.05, 0.1) is 6.54 Å². The third kappa shape index (κ3) is 5.42. The summed E-state index contributed by atoms with van der Waals surface area (Å²) in [6.45, 7) is 7.82. The Morgan fingerprint density at radius 1 is 0.960 bits per heavy atom. The van der Waals surface area contributed by atoms with E-state index >= 15 is 0 Å². The number of amides is 2. The fourth-order valence-electron chi connectivity index (χ4n) is 4.33. The van der Waals surface area contributed by atoms with E-state index in [9.17, 15) is 9.59 Å². The largest absolute Gasteiger partial charge is 0.352 e. The van der Waals surface area contributed by atoms with Gasteiger partial charge in [-0.3, -0.25) is 14.5 Å². The number of piperidine rings is 1. The van der Waals surface area contributed by atoms with Gasteiger partial charge in [0.2, 0.25) is 11.8 Å². The Labute approximate surface area is 151 Å². The molecule has 0 aromatic carbocycles. The zero-order chi connectivity index (χ0) is 17.6. The monoisotopic (exact) mass is 350 g/mol. The van der Waals surface area contributed by atoms with E-state index in [-0.39, 0.29) is 11.8 Å². The molecule has 6 heteroatoms. The molecule has 6 nitrogen and oxygen atoms in total. The predicted octanol–water partition coefficient (Wildman–Crippen LogP) is 0.825. The fourth-order valence-corrected chi connectivity index (χ4v) is 4.33. The van der Waals surface area contributed by atoms with Crippen LogP contribution in [0.4, 0.5) is 0 Å². The molecule has 2 saturated heterocycles. The standard InChI is InChI=1S/C19H34N4O2/c1-15-2-4-17(5-3-15)21-18(24)14-22-10-12-23(13-11-22)19(25)16-6-8-20-9-7-16/h15-17,20H,2-14H2,1H3,(H,21,24). The van der Waals surface area contributed by atoms with Crippen LogP contribution in [0.25, 0.3) is 0 Å². The van der Waals surface area contributed by atoms with Crippen molar-refractivity contribution in [2.75, 3.05) is 45.8 Å². The Bertz CT molecular complexity index is 448. The van der Waals surface area contributed by atoms with Crippen molar-refractivity contribution in [3.05, 3.63) is 0 Å². The summed E-state index contributed by atoms with van der Waals surface area (Å²) in [4.78, 5) is 29.0. The molecule has 3 aliphatic rings. The summed E-state index contributed by atoms with van der Waals surface area (Å²) in [5, 5.41) is 6.52. The minimum atomic E-state index is 0.151. The second-order valence-corrected chi connectivity index (χ2v) is 8.15. The number of hydrogen-bond acceptors (Lipinski definition) is 4. The Morgan fingerprint density at radius 2 is 1.60 bits per heavy atom. The van der Waals surface area contributed by atoms with Crippen LogP contribution in [-0.4, -0.2) is 73.5 Å². The lowest BCUT2D eigenvalue weighted by atomic mass is 9.87. The lowest BCUT2D eigenvalue weighted by Gasteiger charge is -2.37. The molecule has 1 saturated carbocycles. The van der Waals surface area contributed by atoms with E-state index < -0.39 is 0 Å². The van der Waals surface area contributed by atoms with Crippen molar-refractivity contribution in [2.24, 2.45) is 11.8 Å². The second kappa shape index (κ2) is 8.99. The number of carbonyl (C=O) groups excluding carboxylic acids is 2. The molecule has 2 aliphatic heterocycles. The van der Waals surface area contributed by atoms with Crippen molar-refractivity contribution in [2.45, 2.75) is 51.5 Å². The van der Waals surface area contributed by atoms with Crippen molar-refractivity contribution in [1.82, 2.24) is 20.4 Å². The summed E-state index contributed by atoms with van der Waals surface area (Å²) >= 11 is 0. The molecule has 25 heavy (non-hydrogen) atoms. The molecule has 2 amide bonds. The van der Waals surface area contributed by atoms with Crippen LogP contribution in [0.2, 0.25) is 0 Å². The third-order valence-electron chi connectivity index (χ3n) is 6.12. The van der Waals surface area contributed by atoms with E-state index in [1.54, 1.807) is 0 Å². The van der Waals surface area contributed by atoms with Crippen molar-refractivity contribution in [3.63, 3.8) is 0 Å². The van der Waals surface area contributed by atoms with Crippen LogP contribution in [-0.2, 0) is 9.59 Å². The molecular formula is C19H34N4O2. The van der Waals surface area contributed by atoms with Gasteiger partial charge in [-0.15, -0.1) is 0 Å². The van der Waals surface area contributed by atoms with Crippen LogP contribution in [0, 0.1) is 11.8 Å². The first-order valence-corrected chi connectivity index (χ1v) is 10.1. The number of piperazine rings is 1. The first-order chi connectivity index (χ1) is 12.1. The van der Waals surface area contributed by atoms with Gasteiger partial charge in [-0.1, -0.05) is 6.92 Å². The Kier molecular flexibility index (Phi) is 6.70. The molecule has 0 radical (unpaired) electrons. The summed E-state index contributed by atoms with van der Waals surface area (Å²) in [6, 6.07) is 0.367. The van der Waals surface area contributed by atoms with Crippen LogP contribution in [0.15, 0.2) is 0 Å². The molecule has 0 bridgehead atoms. The molecule has 0 aromatic rings. The van der Waals surface area contributed by atoms with Crippen molar-refractivity contribution < 1.29 is 9.59 Å². The highest BCUT2D eigenvalue weighted by Gasteiger charge is 2.29. The summed E-state index contributed by atoms with van der Waals surface area (Å²) in [5.74, 6) is 1.48. The van der Waals surface area contributed by atoms with Crippen LogP contribution in [0.5, 0.6) is 0 Å². The summed E-state index contributed by atoms with van der Waals surface area (Å²) in [5.41, 5.74) is 0. The molecular weight excluding hydrogens is 316 g/mol. The number of carbonyl (C=O) groups is 2. The zero-order valence-corrected chi connectivity index (χ0v) is 15.6. The van der Waals surface area contributed by atoms with Crippen LogP contribution in [0.1, 0.15) is 45.4 Å². The molecule has 1 aliphatic carbocycles.